The zero-order valence-corrected chi connectivity index (χ0v) is 13.7. The molecule has 1 atom stereocenters. The second-order valence-electron chi connectivity index (χ2n) is 5.63. The van der Waals surface area contributed by atoms with E-state index in [0.717, 1.165) is 43.6 Å². The molecule has 1 fully saturated rings. The Hall–Kier alpha value is -1.11. The number of hydrogen-bond donors (Lipinski definition) is 1. The van der Waals surface area contributed by atoms with E-state index in [2.05, 4.69) is 33.1 Å². The van der Waals surface area contributed by atoms with Gasteiger partial charge in [0.05, 0.1) is 12.3 Å². The number of hydrogen-bond acceptors (Lipinski definition) is 5. The molecule has 0 aromatic carbocycles. The molecule has 0 saturated carbocycles. The van der Waals surface area contributed by atoms with Gasteiger partial charge >= 0.3 is 0 Å². The molecule has 116 valence electrons. The van der Waals surface area contributed by atoms with Crippen LogP contribution >= 0.6 is 11.3 Å². The van der Waals surface area contributed by atoms with Crippen LogP contribution in [-0.2, 0) is 11.3 Å². The molecule has 0 radical (unpaired) electrons. The topological polar surface area (TPSA) is 41.8 Å². The summed E-state index contributed by atoms with van der Waals surface area (Å²) in [5, 5.41) is 5.54. The van der Waals surface area contributed by atoms with E-state index < -0.39 is 0 Å². The first-order chi connectivity index (χ1) is 10.3. The Labute approximate surface area is 129 Å². The van der Waals surface area contributed by atoms with Crippen LogP contribution in [0.25, 0.3) is 4.96 Å². The molecular weight excluding hydrogens is 284 g/mol. The number of methoxy groups -OCH3 is 1. The molecule has 1 aliphatic heterocycles. The maximum Gasteiger partial charge on any atom is 0.195 e. The van der Waals surface area contributed by atoms with Gasteiger partial charge in [-0.15, -0.1) is 11.3 Å². The number of nitrogens with one attached hydrogen (secondary N) is 1. The van der Waals surface area contributed by atoms with E-state index in [4.69, 9.17) is 9.72 Å². The Morgan fingerprint density at radius 2 is 2.43 bits per heavy atom. The maximum absolute atomic E-state index is 5.34. The molecular formula is C15H24N4OS. The first-order valence-corrected chi connectivity index (χ1v) is 8.60. The molecule has 1 N–H and O–H groups in total. The minimum Gasteiger partial charge on any atom is -0.384 e. The summed E-state index contributed by atoms with van der Waals surface area (Å²) >= 11 is 1.70. The second kappa shape index (κ2) is 6.77. The minimum absolute atomic E-state index is 0.621. The zero-order chi connectivity index (χ0) is 14.7. The first kappa shape index (κ1) is 14.8. The molecule has 0 amide bonds. The standard InChI is InChI=1S/C15H24N4OS/c1-3-16-9-13-14(17-15-19(13)7-8-21-15)18-6-4-5-12(10-18)11-20-2/h7-8,12,16H,3-6,9-11H2,1-2H3. The Kier molecular flexibility index (Phi) is 4.77. The Morgan fingerprint density at radius 1 is 1.52 bits per heavy atom. The van der Waals surface area contributed by atoms with E-state index in [-0.39, 0.29) is 0 Å². The molecule has 1 saturated heterocycles. The molecule has 3 rings (SSSR count). The van der Waals surface area contributed by atoms with Crippen molar-refractivity contribution in [3.63, 3.8) is 0 Å². The highest BCUT2D eigenvalue weighted by molar-refractivity contribution is 7.15. The summed E-state index contributed by atoms with van der Waals surface area (Å²) in [5.74, 6) is 1.78. The van der Waals surface area contributed by atoms with Crippen molar-refractivity contribution in [1.82, 2.24) is 14.7 Å². The van der Waals surface area contributed by atoms with Crippen molar-refractivity contribution < 1.29 is 4.74 Å². The van der Waals surface area contributed by atoms with Crippen LogP contribution in [-0.4, -0.2) is 42.7 Å². The van der Waals surface area contributed by atoms with Gasteiger partial charge in [-0.2, -0.15) is 0 Å². The molecule has 2 aromatic heterocycles. The van der Waals surface area contributed by atoms with E-state index in [1.807, 2.05) is 0 Å². The van der Waals surface area contributed by atoms with Gasteiger partial charge in [-0.05, 0) is 25.3 Å². The number of imidazole rings is 1. The van der Waals surface area contributed by atoms with E-state index in [9.17, 15) is 0 Å². The van der Waals surface area contributed by atoms with Gasteiger partial charge in [0.2, 0.25) is 0 Å². The van der Waals surface area contributed by atoms with Crippen molar-refractivity contribution in [2.45, 2.75) is 26.3 Å². The van der Waals surface area contributed by atoms with Crippen LogP contribution in [0.15, 0.2) is 11.6 Å². The van der Waals surface area contributed by atoms with E-state index in [1.165, 1.54) is 18.5 Å². The predicted molar refractivity (Wildman–Crippen MR) is 87.3 cm³/mol. The van der Waals surface area contributed by atoms with Gasteiger partial charge in [0.15, 0.2) is 10.8 Å². The maximum atomic E-state index is 5.34. The highest BCUT2D eigenvalue weighted by Gasteiger charge is 2.25. The number of thiazole rings is 1. The number of ether oxygens (including phenoxy) is 1. The van der Waals surface area contributed by atoms with Crippen LogP contribution in [0.5, 0.6) is 0 Å². The lowest BCUT2D eigenvalue weighted by atomic mass is 9.99. The molecule has 21 heavy (non-hydrogen) atoms. The summed E-state index contributed by atoms with van der Waals surface area (Å²) in [7, 11) is 1.79. The molecule has 5 nitrogen and oxygen atoms in total. The number of nitrogens with zero attached hydrogens (tertiary/aromatic N) is 3. The van der Waals surface area contributed by atoms with Gasteiger partial charge in [-0.1, -0.05) is 6.92 Å². The van der Waals surface area contributed by atoms with E-state index in [1.54, 1.807) is 18.4 Å². The van der Waals surface area contributed by atoms with Crippen molar-refractivity contribution in [2.24, 2.45) is 5.92 Å². The third kappa shape index (κ3) is 3.07. The van der Waals surface area contributed by atoms with Gasteiger partial charge in [0.25, 0.3) is 0 Å². The number of rotatable bonds is 6. The van der Waals surface area contributed by atoms with Gasteiger partial charge in [0.1, 0.15) is 0 Å². The Bertz CT molecular complexity index is 577. The van der Waals surface area contributed by atoms with Crippen LogP contribution in [0, 0.1) is 5.92 Å². The average Bonchev–Trinajstić information content (AvgIpc) is 3.07. The fourth-order valence-corrected chi connectivity index (χ4v) is 3.84. The van der Waals surface area contributed by atoms with Gasteiger partial charge in [-0.25, -0.2) is 4.98 Å². The number of fused-ring (bicyclic) bond motifs is 1. The molecule has 2 aromatic rings. The third-order valence-electron chi connectivity index (χ3n) is 4.10. The van der Waals surface area contributed by atoms with Crippen LogP contribution in [0.4, 0.5) is 5.82 Å². The van der Waals surface area contributed by atoms with Crippen LogP contribution in [0.3, 0.4) is 0 Å². The zero-order valence-electron chi connectivity index (χ0n) is 12.8. The number of aromatic nitrogens is 2. The lowest BCUT2D eigenvalue weighted by molar-refractivity contribution is 0.143. The van der Waals surface area contributed by atoms with E-state index >= 15 is 0 Å². The molecule has 0 spiro atoms. The fourth-order valence-electron chi connectivity index (χ4n) is 3.11. The van der Waals surface area contributed by atoms with E-state index in [0.29, 0.717) is 5.92 Å². The fraction of sp³-hybridized carbons (Fsp3) is 0.667. The van der Waals surface area contributed by atoms with Gasteiger partial charge in [0, 0.05) is 38.3 Å². The normalized spacial score (nSPS) is 19.5. The van der Waals surface area contributed by atoms with Crippen molar-refractivity contribution in [3.8, 4) is 0 Å². The second-order valence-corrected chi connectivity index (χ2v) is 6.50. The Morgan fingerprint density at radius 3 is 3.24 bits per heavy atom. The van der Waals surface area contributed by atoms with Crippen molar-refractivity contribution in [2.75, 3.05) is 38.3 Å². The van der Waals surface area contributed by atoms with Gasteiger partial charge in [-0.3, -0.25) is 4.40 Å². The molecule has 1 aliphatic rings. The summed E-state index contributed by atoms with van der Waals surface area (Å²) in [4.78, 5) is 8.40. The quantitative estimate of drug-likeness (QED) is 0.889. The molecule has 0 bridgehead atoms. The lowest BCUT2D eigenvalue weighted by Gasteiger charge is -2.33. The third-order valence-corrected chi connectivity index (χ3v) is 4.86. The van der Waals surface area contributed by atoms with Gasteiger partial charge < -0.3 is 15.0 Å². The number of anilines is 1. The van der Waals surface area contributed by atoms with Crippen LogP contribution < -0.4 is 10.2 Å². The lowest BCUT2D eigenvalue weighted by Crippen LogP contribution is -2.38. The number of piperidine rings is 1. The molecule has 0 aliphatic carbocycles. The largest absolute Gasteiger partial charge is 0.384 e. The predicted octanol–water partition coefficient (Wildman–Crippen LogP) is 2.37. The van der Waals surface area contributed by atoms with Crippen molar-refractivity contribution >= 4 is 22.1 Å². The molecule has 1 unspecified atom stereocenters. The van der Waals surface area contributed by atoms with Crippen molar-refractivity contribution in [3.05, 3.63) is 17.3 Å². The molecule has 6 heteroatoms. The summed E-state index contributed by atoms with van der Waals surface area (Å²) in [6.07, 6.45) is 4.61. The monoisotopic (exact) mass is 308 g/mol. The molecule has 3 heterocycles. The highest BCUT2D eigenvalue weighted by atomic mass is 32.1. The summed E-state index contributed by atoms with van der Waals surface area (Å²) in [5.41, 5.74) is 1.28. The van der Waals surface area contributed by atoms with Crippen LogP contribution in [0.1, 0.15) is 25.5 Å². The summed E-state index contributed by atoms with van der Waals surface area (Å²) < 4.78 is 7.57. The highest BCUT2D eigenvalue weighted by Crippen LogP contribution is 2.28. The minimum atomic E-state index is 0.621. The van der Waals surface area contributed by atoms with Crippen LogP contribution in [0.2, 0.25) is 0 Å². The average molecular weight is 308 g/mol. The smallest absolute Gasteiger partial charge is 0.195 e. The summed E-state index contributed by atoms with van der Waals surface area (Å²) in [6.45, 7) is 6.99. The SMILES string of the molecule is CCNCc1c(N2CCCC(COC)C2)nc2sccn12. The summed E-state index contributed by atoms with van der Waals surface area (Å²) in [6, 6.07) is 0. The Balaban J connectivity index is 1.85. The van der Waals surface area contributed by atoms with Crippen molar-refractivity contribution in [1.29, 1.82) is 0 Å². The first-order valence-electron chi connectivity index (χ1n) is 7.72.